The largest absolute Gasteiger partial charge is 0.481 e. The van der Waals surface area contributed by atoms with Crippen LogP contribution in [-0.2, 0) is 4.79 Å². The Morgan fingerprint density at radius 1 is 1.31 bits per heavy atom. The van der Waals surface area contributed by atoms with Crippen molar-refractivity contribution in [1.29, 1.82) is 0 Å². The highest BCUT2D eigenvalue weighted by Gasteiger charge is 2.23. The smallest absolute Gasteiger partial charge is 0.244 e. The molecule has 0 bridgehead atoms. The zero-order valence-corrected chi connectivity index (χ0v) is 17.3. The van der Waals surface area contributed by atoms with Crippen molar-refractivity contribution in [2.24, 2.45) is 0 Å². The lowest BCUT2D eigenvalue weighted by molar-refractivity contribution is -0.117. The molecule has 1 amide bonds. The summed E-state index contributed by atoms with van der Waals surface area (Å²) in [6, 6.07) is 3.79. The number of pyridine rings is 1. The van der Waals surface area contributed by atoms with Gasteiger partial charge in [-0.1, -0.05) is 0 Å². The lowest BCUT2D eigenvalue weighted by Crippen LogP contribution is -2.44. The van der Waals surface area contributed by atoms with E-state index in [-0.39, 0.29) is 11.9 Å². The molecule has 0 aliphatic carbocycles. The molecule has 0 atom stereocenters. The number of fused-ring (bicyclic) bond motifs is 1. The Morgan fingerprint density at radius 3 is 2.93 bits per heavy atom. The minimum Gasteiger partial charge on any atom is -0.481 e. The number of anilines is 1. The van der Waals surface area contributed by atoms with Crippen LogP contribution in [0.2, 0.25) is 0 Å². The fourth-order valence-corrected chi connectivity index (χ4v) is 4.50. The van der Waals surface area contributed by atoms with Crippen LogP contribution >= 0.6 is 11.3 Å². The summed E-state index contributed by atoms with van der Waals surface area (Å²) in [7, 11) is 1.57. The summed E-state index contributed by atoms with van der Waals surface area (Å²) in [5, 5.41) is 5.23. The number of piperidine rings is 1. The van der Waals surface area contributed by atoms with Gasteiger partial charge >= 0.3 is 0 Å². The van der Waals surface area contributed by atoms with Crippen LogP contribution in [-0.4, -0.2) is 47.1 Å². The van der Waals surface area contributed by atoms with Gasteiger partial charge < -0.3 is 15.0 Å². The highest BCUT2D eigenvalue weighted by molar-refractivity contribution is 7.18. The van der Waals surface area contributed by atoms with Crippen molar-refractivity contribution in [3.63, 3.8) is 0 Å². The second-order valence-electron chi connectivity index (χ2n) is 7.03. The average molecular weight is 410 g/mol. The molecular weight excluding hydrogens is 386 g/mol. The quantitative estimate of drug-likeness (QED) is 0.652. The first-order valence-corrected chi connectivity index (χ1v) is 10.4. The second kappa shape index (κ2) is 8.57. The molecule has 1 aliphatic heterocycles. The molecule has 3 aromatic rings. The number of hydrogen-bond acceptors (Lipinski definition) is 7. The number of rotatable bonds is 5. The van der Waals surface area contributed by atoms with E-state index in [1.807, 2.05) is 6.07 Å². The van der Waals surface area contributed by atoms with Gasteiger partial charge in [0.25, 0.3) is 0 Å². The van der Waals surface area contributed by atoms with Crippen LogP contribution in [0.25, 0.3) is 16.3 Å². The third-order valence-corrected chi connectivity index (χ3v) is 6.13. The van der Waals surface area contributed by atoms with Crippen molar-refractivity contribution >= 4 is 39.4 Å². The minimum absolute atomic E-state index is 0.0856. The van der Waals surface area contributed by atoms with E-state index in [2.05, 4.69) is 37.5 Å². The Kier molecular flexibility index (Phi) is 5.71. The molecule has 0 radical (unpaired) electrons. The summed E-state index contributed by atoms with van der Waals surface area (Å²) in [4.78, 5) is 27.6. The van der Waals surface area contributed by atoms with Gasteiger partial charge in [-0.15, -0.1) is 11.3 Å². The van der Waals surface area contributed by atoms with E-state index in [1.165, 1.54) is 5.56 Å². The molecule has 0 unspecified atom stereocenters. The van der Waals surface area contributed by atoms with Crippen molar-refractivity contribution in [3.8, 4) is 5.88 Å². The molecule has 0 aromatic carbocycles. The Hall–Kier alpha value is -3.00. The van der Waals surface area contributed by atoms with Gasteiger partial charge in [-0.05, 0) is 48.4 Å². The van der Waals surface area contributed by atoms with Gasteiger partial charge in [0.15, 0.2) is 0 Å². The van der Waals surface area contributed by atoms with E-state index in [0.29, 0.717) is 5.88 Å². The number of carbonyl (C=O) groups is 1. The van der Waals surface area contributed by atoms with Crippen molar-refractivity contribution in [2.45, 2.75) is 25.8 Å². The van der Waals surface area contributed by atoms with E-state index in [9.17, 15) is 4.79 Å². The molecule has 7 nitrogen and oxygen atoms in total. The summed E-state index contributed by atoms with van der Waals surface area (Å²) in [5.41, 5.74) is 3.10. The van der Waals surface area contributed by atoms with Gasteiger partial charge in [0.1, 0.15) is 12.1 Å². The highest BCUT2D eigenvalue weighted by atomic mass is 32.1. The number of nitrogens with zero attached hydrogens (tertiary/aromatic N) is 4. The maximum Gasteiger partial charge on any atom is 0.244 e. The van der Waals surface area contributed by atoms with E-state index >= 15 is 0 Å². The number of methoxy groups -OCH3 is 1. The van der Waals surface area contributed by atoms with Crippen LogP contribution in [0.5, 0.6) is 5.88 Å². The minimum atomic E-state index is -0.0856. The predicted octanol–water partition coefficient (Wildman–Crippen LogP) is 3.20. The molecule has 4 rings (SSSR count). The van der Waals surface area contributed by atoms with E-state index in [4.69, 9.17) is 4.74 Å². The van der Waals surface area contributed by atoms with Crippen LogP contribution in [0, 0.1) is 6.92 Å². The van der Waals surface area contributed by atoms with Gasteiger partial charge in [0, 0.05) is 37.5 Å². The average Bonchev–Trinajstić information content (AvgIpc) is 3.14. The number of aromatic nitrogens is 3. The SMILES string of the molecule is COc1cc(/C=C/C(=O)NC2CCN(c3ncnc4c(C)csc34)CC2)ccn1. The molecular formula is C21H23N5O2S. The molecule has 150 valence electrons. The summed E-state index contributed by atoms with van der Waals surface area (Å²) in [5.74, 6) is 1.45. The fourth-order valence-electron chi connectivity index (χ4n) is 3.48. The van der Waals surface area contributed by atoms with Gasteiger partial charge in [-0.3, -0.25) is 4.79 Å². The van der Waals surface area contributed by atoms with Crippen LogP contribution in [0.4, 0.5) is 5.82 Å². The molecule has 1 aliphatic rings. The number of thiophene rings is 1. The van der Waals surface area contributed by atoms with Crippen molar-refractivity contribution in [2.75, 3.05) is 25.1 Å². The van der Waals surface area contributed by atoms with E-state index in [0.717, 1.165) is 47.5 Å². The van der Waals surface area contributed by atoms with Crippen LogP contribution in [0.3, 0.4) is 0 Å². The summed E-state index contributed by atoms with van der Waals surface area (Å²) in [6.07, 6.45) is 8.40. The standard InChI is InChI=1S/C21H23N5O2S/c1-14-12-29-20-19(14)23-13-24-21(20)26-9-6-16(7-10-26)25-17(27)4-3-15-5-8-22-18(11-15)28-2/h3-5,8,11-13,16H,6-7,9-10H2,1-2H3,(H,25,27)/b4-3+. The third-order valence-electron chi connectivity index (χ3n) is 5.05. The third kappa shape index (κ3) is 4.37. The first-order chi connectivity index (χ1) is 14.1. The Morgan fingerprint density at radius 2 is 2.14 bits per heavy atom. The number of amides is 1. The summed E-state index contributed by atoms with van der Waals surface area (Å²) >= 11 is 1.69. The zero-order chi connectivity index (χ0) is 20.2. The molecule has 1 fully saturated rings. The van der Waals surface area contributed by atoms with Gasteiger partial charge in [-0.25, -0.2) is 15.0 Å². The van der Waals surface area contributed by atoms with Crippen LogP contribution < -0.4 is 15.0 Å². The lowest BCUT2D eigenvalue weighted by Gasteiger charge is -2.33. The first-order valence-electron chi connectivity index (χ1n) is 9.56. The normalized spacial score (nSPS) is 15.2. The summed E-state index contributed by atoms with van der Waals surface area (Å²) in [6.45, 7) is 3.80. The maximum absolute atomic E-state index is 12.3. The van der Waals surface area contributed by atoms with Gasteiger partial charge in [0.05, 0.1) is 17.3 Å². The Balaban J connectivity index is 1.33. The molecule has 29 heavy (non-hydrogen) atoms. The second-order valence-corrected chi connectivity index (χ2v) is 7.91. The monoisotopic (exact) mass is 409 g/mol. The molecule has 3 aromatic heterocycles. The number of aryl methyl sites for hydroxylation is 1. The number of hydrogen-bond donors (Lipinski definition) is 1. The first kappa shape index (κ1) is 19.3. The van der Waals surface area contributed by atoms with E-state index < -0.39 is 0 Å². The molecule has 0 spiro atoms. The molecule has 1 saturated heterocycles. The summed E-state index contributed by atoms with van der Waals surface area (Å²) < 4.78 is 6.24. The highest BCUT2D eigenvalue weighted by Crippen LogP contribution is 2.32. The number of ether oxygens (including phenoxy) is 1. The topological polar surface area (TPSA) is 80.2 Å². The molecule has 8 heteroatoms. The van der Waals surface area contributed by atoms with Gasteiger partial charge in [-0.2, -0.15) is 0 Å². The van der Waals surface area contributed by atoms with E-state index in [1.54, 1.807) is 49.2 Å². The number of carbonyl (C=O) groups excluding carboxylic acids is 1. The zero-order valence-electron chi connectivity index (χ0n) is 16.5. The Labute approximate surface area is 173 Å². The van der Waals surface area contributed by atoms with Crippen molar-refractivity contribution in [1.82, 2.24) is 20.3 Å². The molecule has 0 saturated carbocycles. The number of nitrogens with one attached hydrogen (secondary N) is 1. The predicted molar refractivity (Wildman–Crippen MR) is 115 cm³/mol. The maximum atomic E-state index is 12.3. The molecule has 4 heterocycles. The van der Waals surface area contributed by atoms with Crippen molar-refractivity contribution in [3.05, 3.63) is 47.2 Å². The fraction of sp³-hybridized carbons (Fsp3) is 0.333. The van der Waals surface area contributed by atoms with Crippen LogP contribution in [0.1, 0.15) is 24.0 Å². The Bertz CT molecular complexity index is 1040. The lowest BCUT2D eigenvalue weighted by atomic mass is 10.0. The van der Waals surface area contributed by atoms with Gasteiger partial charge in [0.2, 0.25) is 11.8 Å². The van der Waals surface area contributed by atoms with Crippen molar-refractivity contribution < 1.29 is 9.53 Å². The van der Waals surface area contributed by atoms with Crippen LogP contribution in [0.15, 0.2) is 36.1 Å². The molecule has 1 N–H and O–H groups in total.